The van der Waals surface area contributed by atoms with Gasteiger partial charge in [0.05, 0.1) is 0 Å². The average Bonchev–Trinajstić information content (AvgIpc) is 2.86. The van der Waals surface area contributed by atoms with E-state index in [1.54, 1.807) is 0 Å². The first-order valence-electron chi connectivity index (χ1n) is 6.55. The standard InChI is InChI=1S/C15H17BrN2S/c16-13-6-9-19-15(13)11-18-8-7-17-14(10-18)12-4-2-1-3-5-12/h1-6,9,14,17H,7-8,10-11H2. The van der Waals surface area contributed by atoms with Gasteiger partial charge in [-0.15, -0.1) is 11.3 Å². The first-order valence-corrected chi connectivity index (χ1v) is 8.23. The Morgan fingerprint density at radius 1 is 1.26 bits per heavy atom. The summed E-state index contributed by atoms with van der Waals surface area (Å²) >= 11 is 5.45. The van der Waals surface area contributed by atoms with Gasteiger partial charge in [-0.25, -0.2) is 0 Å². The van der Waals surface area contributed by atoms with Gasteiger partial charge in [0.1, 0.15) is 0 Å². The first-order chi connectivity index (χ1) is 9.33. The van der Waals surface area contributed by atoms with Crippen LogP contribution in [0.15, 0.2) is 46.3 Å². The number of hydrogen-bond acceptors (Lipinski definition) is 3. The SMILES string of the molecule is Brc1ccsc1CN1CCNC(c2ccccc2)C1. The van der Waals surface area contributed by atoms with Gasteiger partial charge in [0.15, 0.2) is 0 Å². The number of rotatable bonds is 3. The van der Waals surface area contributed by atoms with Crippen molar-refractivity contribution in [3.63, 3.8) is 0 Å². The van der Waals surface area contributed by atoms with Gasteiger partial charge >= 0.3 is 0 Å². The van der Waals surface area contributed by atoms with E-state index in [9.17, 15) is 0 Å². The minimum absolute atomic E-state index is 0.452. The fourth-order valence-electron chi connectivity index (χ4n) is 2.50. The number of benzene rings is 1. The molecule has 19 heavy (non-hydrogen) atoms. The Morgan fingerprint density at radius 3 is 2.84 bits per heavy atom. The highest BCUT2D eigenvalue weighted by Crippen LogP contribution is 2.26. The molecule has 2 heterocycles. The van der Waals surface area contributed by atoms with Crippen LogP contribution < -0.4 is 5.32 Å². The molecule has 1 aliphatic rings. The summed E-state index contributed by atoms with van der Waals surface area (Å²) in [5.41, 5.74) is 1.39. The van der Waals surface area contributed by atoms with Crippen LogP contribution in [0.1, 0.15) is 16.5 Å². The smallest absolute Gasteiger partial charge is 0.0449 e. The van der Waals surface area contributed by atoms with Crippen LogP contribution in [-0.4, -0.2) is 24.5 Å². The number of halogens is 1. The summed E-state index contributed by atoms with van der Waals surface area (Å²) in [6.07, 6.45) is 0. The third-order valence-electron chi connectivity index (χ3n) is 3.52. The van der Waals surface area contributed by atoms with Crippen LogP contribution in [0.25, 0.3) is 0 Å². The number of hydrogen-bond donors (Lipinski definition) is 1. The summed E-state index contributed by atoms with van der Waals surface area (Å²) in [5, 5.41) is 5.76. The Labute approximate surface area is 126 Å². The fraction of sp³-hybridized carbons (Fsp3) is 0.333. The van der Waals surface area contributed by atoms with E-state index in [0.29, 0.717) is 6.04 Å². The molecule has 0 radical (unpaired) electrons. The second-order valence-electron chi connectivity index (χ2n) is 4.84. The van der Waals surface area contributed by atoms with E-state index in [-0.39, 0.29) is 0 Å². The Kier molecular flexibility index (Phi) is 4.33. The Balaban J connectivity index is 1.67. The number of piperazine rings is 1. The maximum atomic E-state index is 3.62. The van der Waals surface area contributed by atoms with Crippen LogP contribution in [0, 0.1) is 0 Å². The van der Waals surface area contributed by atoms with E-state index < -0.39 is 0 Å². The molecule has 1 aromatic heterocycles. The number of thiophene rings is 1. The normalized spacial score (nSPS) is 20.6. The Morgan fingerprint density at radius 2 is 2.11 bits per heavy atom. The molecule has 0 aliphatic carbocycles. The third-order valence-corrected chi connectivity index (χ3v) is 5.43. The van der Waals surface area contributed by atoms with Gasteiger partial charge in [0, 0.05) is 41.6 Å². The first kappa shape index (κ1) is 13.3. The molecule has 1 aliphatic heterocycles. The Bertz CT molecular complexity index is 526. The number of nitrogens with one attached hydrogen (secondary N) is 1. The molecule has 1 aromatic carbocycles. The lowest BCUT2D eigenvalue weighted by Gasteiger charge is -2.33. The van der Waals surface area contributed by atoms with E-state index >= 15 is 0 Å². The lowest BCUT2D eigenvalue weighted by molar-refractivity contribution is 0.194. The van der Waals surface area contributed by atoms with Gasteiger partial charge in [-0.05, 0) is 32.9 Å². The van der Waals surface area contributed by atoms with Crippen LogP contribution in [0.4, 0.5) is 0 Å². The van der Waals surface area contributed by atoms with Crippen molar-refractivity contribution in [2.45, 2.75) is 12.6 Å². The van der Waals surface area contributed by atoms with Crippen molar-refractivity contribution in [2.24, 2.45) is 0 Å². The molecule has 1 saturated heterocycles. The topological polar surface area (TPSA) is 15.3 Å². The van der Waals surface area contributed by atoms with Gasteiger partial charge in [-0.1, -0.05) is 30.3 Å². The molecule has 0 bridgehead atoms. The minimum Gasteiger partial charge on any atom is -0.308 e. The van der Waals surface area contributed by atoms with Gasteiger partial charge in [0.25, 0.3) is 0 Å². The maximum absolute atomic E-state index is 3.62. The molecule has 2 aromatic rings. The van der Waals surface area contributed by atoms with Crippen LogP contribution in [0.3, 0.4) is 0 Å². The largest absolute Gasteiger partial charge is 0.308 e. The molecule has 100 valence electrons. The van der Waals surface area contributed by atoms with Crippen LogP contribution in [0.2, 0.25) is 0 Å². The summed E-state index contributed by atoms with van der Waals surface area (Å²) in [7, 11) is 0. The molecular formula is C15H17BrN2S. The van der Waals surface area contributed by atoms with Crippen molar-refractivity contribution in [3.8, 4) is 0 Å². The van der Waals surface area contributed by atoms with Crippen molar-refractivity contribution in [3.05, 3.63) is 56.7 Å². The molecule has 4 heteroatoms. The molecule has 2 nitrogen and oxygen atoms in total. The third kappa shape index (κ3) is 3.26. The quantitative estimate of drug-likeness (QED) is 0.920. The van der Waals surface area contributed by atoms with E-state index in [1.807, 2.05) is 11.3 Å². The molecule has 1 fully saturated rings. The van der Waals surface area contributed by atoms with E-state index in [2.05, 4.69) is 67.9 Å². The second-order valence-corrected chi connectivity index (χ2v) is 6.70. The van der Waals surface area contributed by atoms with Gasteiger partial charge in [0.2, 0.25) is 0 Å². The zero-order valence-corrected chi connectivity index (χ0v) is 13.1. The zero-order chi connectivity index (χ0) is 13.1. The van der Waals surface area contributed by atoms with Crippen molar-refractivity contribution in [1.82, 2.24) is 10.2 Å². The lowest BCUT2D eigenvalue weighted by Crippen LogP contribution is -2.45. The highest BCUT2D eigenvalue weighted by Gasteiger charge is 2.21. The fourth-order valence-corrected chi connectivity index (χ4v) is 4.02. The van der Waals surface area contributed by atoms with E-state index in [4.69, 9.17) is 0 Å². The van der Waals surface area contributed by atoms with Crippen LogP contribution >= 0.6 is 27.3 Å². The maximum Gasteiger partial charge on any atom is 0.0449 e. The second kappa shape index (κ2) is 6.18. The van der Waals surface area contributed by atoms with E-state index in [0.717, 1.165) is 26.2 Å². The molecule has 0 spiro atoms. The summed E-state index contributed by atoms with van der Waals surface area (Å²) < 4.78 is 1.24. The van der Waals surface area contributed by atoms with Crippen LogP contribution in [0.5, 0.6) is 0 Å². The number of nitrogens with zero attached hydrogens (tertiary/aromatic N) is 1. The summed E-state index contributed by atoms with van der Waals surface area (Å²) in [6, 6.07) is 13.3. The van der Waals surface area contributed by atoms with Crippen molar-refractivity contribution in [1.29, 1.82) is 0 Å². The average molecular weight is 337 g/mol. The van der Waals surface area contributed by atoms with E-state index in [1.165, 1.54) is 14.9 Å². The zero-order valence-electron chi connectivity index (χ0n) is 10.7. The van der Waals surface area contributed by atoms with Crippen molar-refractivity contribution < 1.29 is 0 Å². The Hall–Kier alpha value is -0.680. The van der Waals surface area contributed by atoms with Crippen molar-refractivity contribution >= 4 is 27.3 Å². The molecule has 1 atom stereocenters. The molecule has 0 saturated carbocycles. The summed E-state index contributed by atoms with van der Waals surface area (Å²) in [6.45, 7) is 4.30. The molecule has 1 N–H and O–H groups in total. The highest BCUT2D eigenvalue weighted by atomic mass is 79.9. The molecular weight excluding hydrogens is 320 g/mol. The van der Waals surface area contributed by atoms with Gasteiger partial charge in [-0.2, -0.15) is 0 Å². The summed E-state index contributed by atoms with van der Waals surface area (Å²) in [5.74, 6) is 0. The van der Waals surface area contributed by atoms with Gasteiger partial charge < -0.3 is 5.32 Å². The minimum atomic E-state index is 0.452. The highest BCUT2D eigenvalue weighted by molar-refractivity contribution is 9.10. The lowest BCUT2D eigenvalue weighted by atomic mass is 10.0. The van der Waals surface area contributed by atoms with Crippen LogP contribution in [-0.2, 0) is 6.54 Å². The molecule has 1 unspecified atom stereocenters. The van der Waals surface area contributed by atoms with Crippen molar-refractivity contribution in [2.75, 3.05) is 19.6 Å². The molecule has 0 amide bonds. The molecule has 3 rings (SSSR count). The predicted octanol–water partition coefficient (Wildman–Crippen LogP) is 3.66. The van der Waals surface area contributed by atoms with Gasteiger partial charge in [-0.3, -0.25) is 4.90 Å². The predicted molar refractivity (Wildman–Crippen MR) is 84.5 cm³/mol. The summed E-state index contributed by atoms with van der Waals surface area (Å²) in [4.78, 5) is 3.96. The monoisotopic (exact) mass is 336 g/mol.